The average Bonchev–Trinajstić information content (AvgIpc) is 2.55. The van der Waals surface area contributed by atoms with Crippen molar-refractivity contribution in [2.75, 3.05) is 7.11 Å². The summed E-state index contributed by atoms with van der Waals surface area (Å²) < 4.78 is 5.71. The highest BCUT2D eigenvalue weighted by Gasteiger charge is 2.26. The molecule has 0 saturated heterocycles. The number of halogens is 1. The minimum Gasteiger partial charge on any atom is -0.497 e. The zero-order chi connectivity index (χ0) is 16.4. The van der Waals surface area contributed by atoms with Crippen LogP contribution in [0, 0.1) is 0 Å². The van der Waals surface area contributed by atoms with Gasteiger partial charge in [0.15, 0.2) is 0 Å². The Morgan fingerprint density at radius 2 is 1.52 bits per heavy atom. The number of fused-ring (bicyclic) bond motifs is 1. The summed E-state index contributed by atoms with van der Waals surface area (Å²) in [5, 5.41) is 2.45. The van der Waals surface area contributed by atoms with E-state index in [2.05, 4.69) is 73.8 Å². The Morgan fingerprint density at radius 1 is 0.870 bits per heavy atom. The van der Waals surface area contributed by atoms with Crippen molar-refractivity contribution in [3.63, 3.8) is 0 Å². The van der Waals surface area contributed by atoms with Gasteiger partial charge in [0.05, 0.1) is 7.11 Å². The Balaban J connectivity index is 2.34. The van der Waals surface area contributed by atoms with Crippen molar-refractivity contribution in [1.82, 2.24) is 0 Å². The van der Waals surface area contributed by atoms with Crippen LogP contribution in [0.15, 0.2) is 66.7 Å². The highest BCUT2D eigenvalue weighted by atomic mass is 35.6. The van der Waals surface area contributed by atoms with Crippen LogP contribution in [0.1, 0.15) is 16.7 Å². The fourth-order valence-corrected chi connectivity index (χ4v) is 5.98. The van der Waals surface area contributed by atoms with Crippen LogP contribution in [-0.4, -0.2) is 14.5 Å². The Bertz CT molecular complexity index is 809. The van der Waals surface area contributed by atoms with Crippen molar-refractivity contribution >= 4 is 29.2 Å². The highest BCUT2D eigenvalue weighted by Crippen LogP contribution is 2.43. The normalized spacial score (nSPS) is 13.0. The molecule has 0 spiro atoms. The fourth-order valence-electron chi connectivity index (χ4n) is 3.30. The standard InChI is InChI=1S/C20H21ClOSi/c1-22-18-14-13-15-9-7-8-12-17(15)19(18)20(23(2,3)21)16-10-5-4-6-11-16/h4-14,20H,1-3H3/q-1. The zero-order valence-corrected chi connectivity index (χ0v) is 15.5. The van der Waals surface area contributed by atoms with Crippen LogP contribution in [0.4, 0.5) is 0 Å². The molecule has 3 aromatic carbocycles. The Kier molecular flexibility index (Phi) is 4.47. The summed E-state index contributed by atoms with van der Waals surface area (Å²) in [6.07, 6.45) is 0. The summed E-state index contributed by atoms with van der Waals surface area (Å²) in [6.45, 7) is 4.40. The zero-order valence-electron chi connectivity index (χ0n) is 13.7. The Morgan fingerprint density at radius 3 is 2.17 bits per heavy atom. The first-order chi connectivity index (χ1) is 11.0. The second-order valence-electron chi connectivity index (χ2n) is 6.31. The van der Waals surface area contributed by atoms with Gasteiger partial charge in [0.25, 0.3) is 0 Å². The maximum Gasteiger partial charge on any atom is 0.120 e. The molecule has 3 aromatic rings. The molecule has 0 aliphatic rings. The predicted molar refractivity (Wildman–Crippen MR) is 102 cm³/mol. The number of hydrogen-bond acceptors (Lipinski definition) is 1. The summed E-state index contributed by atoms with van der Waals surface area (Å²) in [6, 6.07) is 23.2. The minimum absolute atomic E-state index is 0.173. The highest BCUT2D eigenvalue weighted by molar-refractivity contribution is 7.20. The Labute approximate surface area is 143 Å². The van der Waals surface area contributed by atoms with Crippen molar-refractivity contribution in [3.05, 3.63) is 77.9 Å². The third-order valence-electron chi connectivity index (χ3n) is 4.26. The summed E-state index contributed by atoms with van der Waals surface area (Å²) in [4.78, 5) is 0. The molecule has 0 fully saturated rings. The van der Waals surface area contributed by atoms with Crippen LogP contribution in [0.3, 0.4) is 0 Å². The van der Waals surface area contributed by atoms with Gasteiger partial charge in [0.2, 0.25) is 0 Å². The van der Waals surface area contributed by atoms with Crippen LogP contribution in [0.5, 0.6) is 5.75 Å². The molecule has 119 valence electrons. The van der Waals surface area contributed by atoms with E-state index < -0.39 is 7.38 Å². The molecular formula is C20H21ClOSi-. The summed E-state index contributed by atoms with van der Waals surface area (Å²) in [7, 11) is -0.306. The third-order valence-corrected chi connectivity index (χ3v) is 6.91. The van der Waals surface area contributed by atoms with Crippen molar-refractivity contribution in [2.45, 2.75) is 18.6 Å². The van der Waals surface area contributed by atoms with E-state index in [-0.39, 0.29) is 5.54 Å². The maximum atomic E-state index is 6.98. The lowest BCUT2D eigenvalue weighted by atomic mass is 9.96. The van der Waals surface area contributed by atoms with Crippen molar-refractivity contribution in [1.29, 1.82) is 0 Å². The second-order valence-corrected chi connectivity index (χ2v) is 12.9. The SMILES string of the molecule is COc1ccc2ccccc2c1C(c1ccccc1)[Si-](C)(C)Cl. The van der Waals surface area contributed by atoms with E-state index in [0.717, 1.165) is 5.75 Å². The number of hydrogen-bond donors (Lipinski definition) is 0. The summed E-state index contributed by atoms with van der Waals surface area (Å²) >= 11 is 6.98. The van der Waals surface area contributed by atoms with Gasteiger partial charge in [-0.1, -0.05) is 71.8 Å². The van der Waals surface area contributed by atoms with Crippen LogP contribution < -0.4 is 4.74 Å². The van der Waals surface area contributed by atoms with Gasteiger partial charge in [-0.25, -0.2) is 0 Å². The van der Waals surface area contributed by atoms with E-state index >= 15 is 0 Å². The average molecular weight is 341 g/mol. The summed E-state index contributed by atoms with van der Waals surface area (Å²) in [5.74, 6) is 0.916. The molecule has 0 saturated carbocycles. The molecule has 0 bridgehead atoms. The lowest BCUT2D eigenvalue weighted by Crippen LogP contribution is -2.30. The fraction of sp³-hybridized carbons (Fsp3) is 0.200. The molecule has 3 heteroatoms. The Hall–Kier alpha value is -1.77. The number of ether oxygens (including phenoxy) is 1. The smallest absolute Gasteiger partial charge is 0.120 e. The number of benzene rings is 3. The quantitative estimate of drug-likeness (QED) is 0.420. The van der Waals surface area contributed by atoms with E-state index in [1.165, 1.54) is 21.9 Å². The molecule has 0 aliphatic heterocycles. The van der Waals surface area contributed by atoms with Gasteiger partial charge < -0.3 is 15.8 Å². The van der Waals surface area contributed by atoms with Gasteiger partial charge in [-0.2, -0.15) is 13.1 Å². The van der Waals surface area contributed by atoms with Crippen LogP contribution in [0.25, 0.3) is 10.8 Å². The van der Waals surface area contributed by atoms with Gasteiger partial charge in [-0.3, -0.25) is 0 Å². The molecule has 0 radical (unpaired) electrons. The van der Waals surface area contributed by atoms with Gasteiger partial charge >= 0.3 is 0 Å². The monoisotopic (exact) mass is 340 g/mol. The molecule has 1 unspecified atom stereocenters. The maximum absolute atomic E-state index is 6.98. The van der Waals surface area contributed by atoms with E-state index in [1.54, 1.807) is 7.11 Å². The van der Waals surface area contributed by atoms with E-state index in [1.807, 2.05) is 6.07 Å². The minimum atomic E-state index is -2.04. The summed E-state index contributed by atoms with van der Waals surface area (Å²) in [5.41, 5.74) is 2.64. The lowest BCUT2D eigenvalue weighted by molar-refractivity contribution is 0.411. The van der Waals surface area contributed by atoms with E-state index in [0.29, 0.717) is 0 Å². The molecular weight excluding hydrogens is 320 g/mol. The molecule has 0 N–H and O–H groups in total. The molecule has 1 atom stereocenters. The van der Waals surface area contributed by atoms with Crippen molar-refractivity contribution in [2.24, 2.45) is 0 Å². The van der Waals surface area contributed by atoms with Gasteiger partial charge in [0.1, 0.15) is 5.75 Å². The van der Waals surface area contributed by atoms with Gasteiger partial charge in [-0.15, -0.1) is 0 Å². The van der Waals surface area contributed by atoms with Gasteiger partial charge in [-0.05, 0) is 29.8 Å². The van der Waals surface area contributed by atoms with Crippen molar-refractivity contribution < 1.29 is 4.74 Å². The van der Waals surface area contributed by atoms with Crippen LogP contribution in [-0.2, 0) is 0 Å². The molecule has 0 aromatic heterocycles. The molecule has 3 rings (SSSR count). The lowest BCUT2D eigenvalue weighted by Gasteiger charge is -2.39. The van der Waals surface area contributed by atoms with Crippen LogP contribution in [0.2, 0.25) is 13.1 Å². The molecule has 0 aliphatic carbocycles. The molecule has 1 nitrogen and oxygen atoms in total. The van der Waals surface area contributed by atoms with E-state index in [9.17, 15) is 0 Å². The van der Waals surface area contributed by atoms with Crippen molar-refractivity contribution in [3.8, 4) is 5.75 Å². The molecule has 23 heavy (non-hydrogen) atoms. The van der Waals surface area contributed by atoms with Crippen LogP contribution >= 0.6 is 11.1 Å². The largest absolute Gasteiger partial charge is 0.497 e. The molecule has 0 heterocycles. The van der Waals surface area contributed by atoms with E-state index in [4.69, 9.17) is 15.8 Å². The first kappa shape index (κ1) is 16.1. The number of methoxy groups -OCH3 is 1. The predicted octanol–water partition coefficient (Wildman–Crippen LogP) is 5.96. The molecule has 0 amide bonds. The first-order valence-corrected chi connectivity index (χ1v) is 11.9. The third kappa shape index (κ3) is 3.14. The van der Waals surface area contributed by atoms with Gasteiger partial charge in [0, 0.05) is 0 Å². The number of rotatable bonds is 4. The second kappa shape index (κ2) is 6.38. The first-order valence-electron chi connectivity index (χ1n) is 7.82. The topological polar surface area (TPSA) is 9.23 Å².